The van der Waals surface area contributed by atoms with Crippen molar-refractivity contribution in [2.75, 3.05) is 19.1 Å². The number of rotatable bonds is 5. The van der Waals surface area contributed by atoms with Gasteiger partial charge in [0.15, 0.2) is 0 Å². The Morgan fingerprint density at radius 1 is 1.19 bits per heavy atom. The Kier molecular flexibility index (Phi) is 5.10. The minimum Gasteiger partial charge on any atom is -0.497 e. The molecule has 0 saturated carbocycles. The van der Waals surface area contributed by atoms with Crippen molar-refractivity contribution in [3.8, 4) is 5.75 Å². The van der Waals surface area contributed by atoms with Gasteiger partial charge in [0.25, 0.3) is 0 Å². The zero-order valence-corrected chi connectivity index (χ0v) is 13.4. The third-order valence-electron chi connectivity index (χ3n) is 3.41. The lowest BCUT2D eigenvalue weighted by Crippen LogP contribution is -2.18. The number of anilines is 2. The van der Waals surface area contributed by atoms with E-state index in [1.165, 1.54) is 0 Å². The average Bonchev–Trinajstić information content (AvgIpc) is 2.48. The number of methoxy groups -OCH3 is 1. The van der Waals surface area contributed by atoms with E-state index in [1.807, 2.05) is 50.4 Å². The van der Waals surface area contributed by atoms with E-state index in [1.54, 1.807) is 7.11 Å². The number of nitrogens with two attached hydrogens (primary N) is 1. The summed E-state index contributed by atoms with van der Waals surface area (Å²) in [5.74, 6) is 0.832. The second-order valence-electron chi connectivity index (χ2n) is 5.22. The summed E-state index contributed by atoms with van der Waals surface area (Å²) in [6, 6.07) is 14.1. The van der Waals surface area contributed by atoms with Crippen LogP contribution in [0, 0.1) is 0 Å². The maximum absolute atomic E-state index is 6.36. The Morgan fingerprint density at radius 3 is 2.52 bits per heavy atom. The minimum atomic E-state index is 0.101. The average molecular weight is 305 g/mol. The minimum absolute atomic E-state index is 0.101. The molecule has 3 nitrogen and oxygen atoms in total. The van der Waals surface area contributed by atoms with Crippen LogP contribution in [-0.4, -0.2) is 20.2 Å². The number of benzene rings is 2. The zero-order chi connectivity index (χ0) is 15.4. The summed E-state index contributed by atoms with van der Waals surface area (Å²) >= 11 is 6.36. The molecule has 0 aromatic heterocycles. The first-order valence-corrected chi connectivity index (χ1v) is 7.31. The van der Waals surface area contributed by atoms with Gasteiger partial charge in [-0.05, 0) is 43.2 Å². The summed E-state index contributed by atoms with van der Waals surface area (Å²) in [6.07, 6.45) is 0.780. The van der Waals surface area contributed by atoms with E-state index < -0.39 is 0 Å². The molecule has 0 amide bonds. The Morgan fingerprint density at radius 2 is 1.90 bits per heavy atom. The number of hydrogen-bond donors (Lipinski definition) is 1. The van der Waals surface area contributed by atoms with Gasteiger partial charge in [0.2, 0.25) is 0 Å². The van der Waals surface area contributed by atoms with Gasteiger partial charge in [-0.15, -0.1) is 0 Å². The van der Waals surface area contributed by atoms with Crippen LogP contribution >= 0.6 is 11.6 Å². The van der Waals surface area contributed by atoms with Crippen molar-refractivity contribution in [2.45, 2.75) is 19.4 Å². The molecule has 0 heterocycles. The summed E-state index contributed by atoms with van der Waals surface area (Å²) in [7, 11) is 3.67. The monoisotopic (exact) mass is 304 g/mol. The third kappa shape index (κ3) is 3.90. The summed E-state index contributed by atoms with van der Waals surface area (Å²) in [4.78, 5) is 2.07. The molecule has 0 spiro atoms. The van der Waals surface area contributed by atoms with Crippen LogP contribution in [0.5, 0.6) is 5.75 Å². The first-order chi connectivity index (χ1) is 10.0. The lowest BCUT2D eigenvalue weighted by atomic mass is 10.1. The second-order valence-corrected chi connectivity index (χ2v) is 5.62. The molecule has 2 aromatic rings. The van der Waals surface area contributed by atoms with Crippen LogP contribution in [-0.2, 0) is 6.42 Å². The summed E-state index contributed by atoms with van der Waals surface area (Å²) in [5.41, 5.74) is 8.99. The maximum atomic E-state index is 6.36. The highest BCUT2D eigenvalue weighted by molar-refractivity contribution is 6.31. The highest BCUT2D eigenvalue weighted by Crippen LogP contribution is 2.30. The molecule has 1 unspecified atom stereocenters. The van der Waals surface area contributed by atoms with Crippen molar-refractivity contribution in [3.63, 3.8) is 0 Å². The van der Waals surface area contributed by atoms with Gasteiger partial charge in [0.1, 0.15) is 5.75 Å². The van der Waals surface area contributed by atoms with E-state index in [0.29, 0.717) is 0 Å². The molecule has 0 fully saturated rings. The van der Waals surface area contributed by atoms with Gasteiger partial charge in [-0.2, -0.15) is 0 Å². The van der Waals surface area contributed by atoms with Crippen LogP contribution in [0.15, 0.2) is 42.5 Å². The van der Waals surface area contributed by atoms with E-state index in [9.17, 15) is 0 Å². The van der Waals surface area contributed by atoms with Crippen molar-refractivity contribution in [1.29, 1.82) is 0 Å². The summed E-state index contributed by atoms with van der Waals surface area (Å²) < 4.78 is 5.26. The van der Waals surface area contributed by atoms with Gasteiger partial charge in [0, 0.05) is 35.6 Å². The Labute approximate surface area is 131 Å². The van der Waals surface area contributed by atoms with Gasteiger partial charge in [0.05, 0.1) is 7.11 Å². The quantitative estimate of drug-likeness (QED) is 0.907. The first kappa shape index (κ1) is 15.7. The first-order valence-electron chi connectivity index (χ1n) is 6.93. The standard InChI is InChI=1S/C17H21ClN2O/c1-12(19)9-13-7-8-15(11-17(13)18)20(2)14-5-4-6-16(10-14)21-3/h4-8,10-12H,9,19H2,1-3H3. The Bertz CT molecular complexity index is 613. The van der Waals surface area contributed by atoms with Crippen LogP contribution in [0.1, 0.15) is 12.5 Å². The van der Waals surface area contributed by atoms with E-state index in [-0.39, 0.29) is 6.04 Å². The molecule has 0 aliphatic carbocycles. The van der Waals surface area contributed by atoms with E-state index in [0.717, 1.165) is 34.1 Å². The highest BCUT2D eigenvalue weighted by atomic mass is 35.5. The molecular formula is C17H21ClN2O. The number of nitrogens with zero attached hydrogens (tertiary/aromatic N) is 1. The van der Waals surface area contributed by atoms with Gasteiger partial charge in [-0.1, -0.05) is 23.7 Å². The van der Waals surface area contributed by atoms with Crippen molar-refractivity contribution in [3.05, 3.63) is 53.1 Å². The molecule has 4 heteroatoms. The van der Waals surface area contributed by atoms with Crippen LogP contribution in [0.3, 0.4) is 0 Å². The normalized spacial score (nSPS) is 12.0. The summed E-state index contributed by atoms with van der Waals surface area (Å²) in [5, 5.41) is 0.750. The lowest BCUT2D eigenvalue weighted by molar-refractivity contribution is 0.415. The fourth-order valence-electron chi connectivity index (χ4n) is 2.23. The van der Waals surface area contributed by atoms with Crippen molar-refractivity contribution < 1.29 is 4.74 Å². The van der Waals surface area contributed by atoms with Gasteiger partial charge in [-0.25, -0.2) is 0 Å². The number of hydrogen-bond acceptors (Lipinski definition) is 3. The smallest absolute Gasteiger partial charge is 0.120 e. The maximum Gasteiger partial charge on any atom is 0.120 e. The predicted molar refractivity (Wildman–Crippen MR) is 89.9 cm³/mol. The van der Waals surface area contributed by atoms with E-state index in [4.69, 9.17) is 22.1 Å². The highest BCUT2D eigenvalue weighted by Gasteiger charge is 2.09. The van der Waals surface area contributed by atoms with Crippen molar-refractivity contribution in [2.24, 2.45) is 5.73 Å². The number of halogens is 1. The predicted octanol–water partition coefficient (Wildman–Crippen LogP) is 4.01. The van der Waals surface area contributed by atoms with Crippen LogP contribution < -0.4 is 15.4 Å². The van der Waals surface area contributed by atoms with Gasteiger partial charge >= 0.3 is 0 Å². The van der Waals surface area contributed by atoms with Gasteiger partial charge in [-0.3, -0.25) is 0 Å². The molecule has 0 bridgehead atoms. The topological polar surface area (TPSA) is 38.5 Å². The van der Waals surface area contributed by atoms with Crippen LogP contribution in [0.2, 0.25) is 5.02 Å². The van der Waals surface area contributed by atoms with Crippen molar-refractivity contribution in [1.82, 2.24) is 0 Å². The van der Waals surface area contributed by atoms with E-state index >= 15 is 0 Å². The van der Waals surface area contributed by atoms with E-state index in [2.05, 4.69) is 11.0 Å². The Balaban J connectivity index is 2.26. The molecule has 0 aliphatic rings. The van der Waals surface area contributed by atoms with Crippen LogP contribution in [0.4, 0.5) is 11.4 Å². The fourth-order valence-corrected chi connectivity index (χ4v) is 2.48. The molecule has 0 saturated heterocycles. The molecule has 2 N–H and O–H groups in total. The molecule has 0 aliphatic heterocycles. The second kappa shape index (κ2) is 6.83. The molecule has 0 radical (unpaired) electrons. The lowest BCUT2D eigenvalue weighted by Gasteiger charge is -2.21. The zero-order valence-electron chi connectivity index (χ0n) is 12.6. The molecule has 1 atom stereocenters. The van der Waals surface area contributed by atoms with Crippen LogP contribution in [0.25, 0.3) is 0 Å². The Hall–Kier alpha value is -1.71. The molecular weight excluding hydrogens is 284 g/mol. The van der Waals surface area contributed by atoms with Gasteiger partial charge < -0.3 is 15.4 Å². The number of ether oxygens (including phenoxy) is 1. The fraction of sp³-hybridized carbons (Fsp3) is 0.294. The molecule has 21 heavy (non-hydrogen) atoms. The van der Waals surface area contributed by atoms with Crippen molar-refractivity contribution >= 4 is 23.0 Å². The molecule has 112 valence electrons. The molecule has 2 aromatic carbocycles. The SMILES string of the molecule is COc1cccc(N(C)c2ccc(CC(C)N)c(Cl)c2)c1. The largest absolute Gasteiger partial charge is 0.497 e. The third-order valence-corrected chi connectivity index (χ3v) is 3.76. The summed E-state index contributed by atoms with van der Waals surface area (Å²) in [6.45, 7) is 1.98. The molecule has 2 rings (SSSR count).